The molecule has 2 nitrogen and oxygen atoms in total. The maximum absolute atomic E-state index is 9.65. The van der Waals surface area contributed by atoms with Gasteiger partial charge in [-0.3, -0.25) is 0 Å². The van der Waals surface area contributed by atoms with Gasteiger partial charge in [0.05, 0.1) is 0 Å². The minimum atomic E-state index is -0.463. The number of benzene rings is 1. The molecule has 0 spiro atoms. The lowest BCUT2D eigenvalue weighted by Crippen LogP contribution is -2.12. The third kappa shape index (κ3) is 1.21. The molecule has 2 unspecified atom stereocenters. The molecule has 1 heterocycles. The summed E-state index contributed by atoms with van der Waals surface area (Å²) in [5.41, 5.74) is 0.911. The first kappa shape index (κ1) is 8.31. The van der Waals surface area contributed by atoms with E-state index in [0.717, 1.165) is 14.9 Å². The summed E-state index contributed by atoms with van der Waals surface area (Å²) in [6, 6.07) is 5.85. The molecule has 0 aromatic heterocycles. The molecule has 0 fully saturated rings. The molecule has 2 rings (SSSR count). The van der Waals surface area contributed by atoms with Crippen molar-refractivity contribution in [2.45, 2.75) is 19.1 Å². The van der Waals surface area contributed by atoms with Gasteiger partial charge in [-0.05, 0) is 47.7 Å². The first-order chi connectivity index (χ1) is 5.68. The molecule has 1 aliphatic rings. The van der Waals surface area contributed by atoms with E-state index >= 15 is 0 Å². The summed E-state index contributed by atoms with van der Waals surface area (Å²) in [4.78, 5) is 0. The summed E-state index contributed by atoms with van der Waals surface area (Å²) in [5.74, 6) is 0.815. The van der Waals surface area contributed by atoms with Crippen LogP contribution in [0.15, 0.2) is 18.2 Å². The van der Waals surface area contributed by atoms with Crippen molar-refractivity contribution >= 4 is 22.6 Å². The Morgan fingerprint density at radius 3 is 3.00 bits per heavy atom. The second kappa shape index (κ2) is 2.88. The Labute approximate surface area is 84.7 Å². The van der Waals surface area contributed by atoms with Crippen LogP contribution >= 0.6 is 22.6 Å². The van der Waals surface area contributed by atoms with Crippen LogP contribution in [0, 0.1) is 3.57 Å². The predicted octanol–water partition coefficient (Wildman–Crippen LogP) is 2.11. The van der Waals surface area contributed by atoms with Crippen LogP contribution in [0.5, 0.6) is 5.75 Å². The van der Waals surface area contributed by atoms with Crippen molar-refractivity contribution in [1.29, 1.82) is 0 Å². The van der Waals surface area contributed by atoms with E-state index in [4.69, 9.17) is 4.74 Å². The molecule has 0 saturated carbocycles. The topological polar surface area (TPSA) is 29.5 Å². The number of halogens is 1. The number of ether oxygens (including phenoxy) is 1. The molecule has 64 valence electrons. The molecule has 0 aliphatic carbocycles. The summed E-state index contributed by atoms with van der Waals surface area (Å²) < 4.78 is 6.55. The Morgan fingerprint density at radius 1 is 1.50 bits per heavy atom. The highest BCUT2D eigenvalue weighted by atomic mass is 127. The van der Waals surface area contributed by atoms with E-state index in [2.05, 4.69) is 22.6 Å². The van der Waals surface area contributed by atoms with Gasteiger partial charge < -0.3 is 9.84 Å². The van der Waals surface area contributed by atoms with Crippen molar-refractivity contribution in [3.8, 4) is 5.75 Å². The molecular weight excluding hydrogens is 267 g/mol. The lowest BCUT2D eigenvalue weighted by atomic mass is 10.1. The first-order valence-electron chi connectivity index (χ1n) is 3.82. The van der Waals surface area contributed by atoms with Gasteiger partial charge in [0.1, 0.15) is 18.0 Å². The van der Waals surface area contributed by atoms with Crippen LogP contribution < -0.4 is 4.74 Å². The first-order valence-corrected chi connectivity index (χ1v) is 4.90. The minimum Gasteiger partial charge on any atom is -0.487 e. The number of hydrogen-bond acceptors (Lipinski definition) is 2. The van der Waals surface area contributed by atoms with Crippen molar-refractivity contribution in [1.82, 2.24) is 0 Å². The standard InChI is InChI=1S/C9H9IO2/c1-5-9(11)7-4-6(10)2-3-8(7)12-5/h2-5,9,11H,1H3. The second-order valence-corrected chi connectivity index (χ2v) is 4.20. The van der Waals surface area contributed by atoms with Gasteiger partial charge in [-0.2, -0.15) is 0 Å². The van der Waals surface area contributed by atoms with Gasteiger partial charge in [0.2, 0.25) is 0 Å². The normalized spacial score (nSPS) is 26.6. The van der Waals surface area contributed by atoms with Crippen molar-refractivity contribution in [3.05, 3.63) is 27.3 Å². The van der Waals surface area contributed by atoms with E-state index in [1.54, 1.807) is 0 Å². The van der Waals surface area contributed by atoms with Crippen LogP contribution in [-0.2, 0) is 0 Å². The van der Waals surface area contributed by atoms with Crippen LogP contribution in [0.3, 0.4) is 0 Å². The van der Waals surface area contributed by atoms with Gasteiger partial charge in [-0.15, -0.1) is 0 Å². The Morgan fingerprint density at radius 2 is 2.25 bits per heavy atom. The van der Waals surface area contributed by atoms with Gasteiger partial charge in [-0.1, -0.05) is 0 Å². The fourth-order valence-corrected chi connectivity index (χ4v) is 1.89. The van der Waals surface area contributed by atoms with Crippen molar-refractivity contribution in [2.75, 3.05) is 0 Å². The average molecular weight is 276 g/mol. The molecule has 1 aromatic rings. The van der Waals surface area contributed by atoms with E-state index in [1.165, 1.54) is 0 Å². The maximum Gasteiger partial charge on any atom is 0.126 e. The summed E-state index contributed by atoms with van der Waals surface area (Å²) in [5, 5.41) is 9.65. The van der Waals surface area contributed by atoms with Gasteiger partial charge in [0.15, 0.2) is 0 Å². The van der Waals surface area contributed by atoms with Gasteiger partial charge >= 0.3 is 0 Å². The summed E-state index contributed by atoms with van der Waals surface area (Å²) in [6.07, 6.45) is -0.576. The fourth-order valence-electron chi connectivity index (χ4n) is 1.38. The number of fused-ring (bicyclic) bond motifs is 1. The predicted molar refractivity (Wildman–Crippen MR) is 54.2 cm³/mol. The summed E-state index contributed by atoms with van der Waals surface area (Å²) in [7, 11) is 0. The number of aliphatic hydroxyl groups is 1. The number of hydrogen-bond donors (Lipinski definition) is 1. The lowest BCUT2D eigenvalue weighted by molar-refractivity contribution is 0.0796. The molecule has 0 radical (unpaired) electrons. The zero-order chi connectivity index (χ0) is 8.72. The molecule has 1 N–H and O–H groups in total. The molecule has 0 bridgehead atoms. The second-order valence-electron chi connectivity index (χ2n) is 2.95. The van der Waals surface area contributed by atoms with E-state index in [9.17, 15) is 5.11 Å². The van der Waals surface area contributed by atoms with Crippen LogP contribution in [0.2, 0.25) is 0 Å². The molecular formula is C9H9IO2. The van der Waals surface area contributed by atoms with Crippen molar-refractivity contribution < 1.29 is 9.84 Å². The number of rotatable bonds is 0. The van der Waals surface area contributed by atoms with Gasteiger partial charge in [0, 0.05) is 9.13 Å². The maximum atomic E-state index is 9.65. The van der Waals surface area contributed by atoms with Crippen LogP contribution in [0.25, 0.3) is 0 Å². The zero-order valence-electron chi connectivity index (χ0n) is 6.62. The van der Waals surface area contributed by atoms with Gasteiger partial charge in [0.25, 0.3) is 0 Å². The SMILES string of the molecule is CC1Oc2ccc(I)cc2C1O. The van der Waals surface area contributed by atoms with E-state index in [0.29, 0.717) is 0 Å². The Hall–Kier alpha value is -0.290. The van der Waals surface area contributed by atoms with Crippen LogP contribution in [0.1, 0.15) is 18.6 Å². The molecule has 12 heavy (non-hydrogen) atoms. The van der Waals surface area contributed by atoms with E-state index in [-0.39, 0.29) is 6.10 Å². The van der Waals surface area contributed by atoms with Gasteiger partial charge in [-0.25, -0.2) is 0 Å². The van der Waals surface area contributed by atoms with Crippen molar-refractivity contribution in [2.24, 2.45) is 0 Å². The third-order valence-corrected chi connectivity index (χ3v) is 2.72. The molecule has 1 aliphatic heterocycles. The molecule has 2 atom stereocenters. The average Bonchev–Trinajstić information content (AvgIpc) is 2.31. The van der Waals surface area contributed by atoms with Crippen LogP contribution in [0.4, 0.5) is 0 Å². The summed E-state index contributed by atoms with van der Waals surface area (Å²) in [6.45, 7) is 1.87. The van der Waals surface area contributed by atoms with E-state index in [1.807, 2.05) is 25.1 Å². The highest BCUT2D eigenvalue weighted by Gasteiger charge is 2.28. The third-order valence-electron chi connectivity index (χ3n) is 2.05. The lowest BCUT2D eigenvalue weighted by Gasteiger charge is -2.06. The quantitative estimate of drug-likeness (QED) is 0.735. The highest BCUT2D eigenvalue weighted by molar-refractivity contribution is 14.1. The molecule has 0 amide bonds. The van der Waals surface area contributed by atoms with Crippen LogP contribution in [-0.4, -0.2) is 11.2 Å². The zero-order valence-corrected chi connectivity index (χ0v) is 8.78. The number of aliphatic hydroxyl groups excluding tert-OH is 1. The Bertz CT molecular complexity index is 311. The fraction of sp³-hybridized carbons (Fsp3) is 0.333. The van der Waals surface area contributed by atoms with Crippen molar-refractivity contribution in [3.63, 3.8) is 0 Å². The summed E-state index contributed by atoms with van der Waals surface area (Å²) >= 11 is 2.22. The van der Waals surface area contributed by atoms with E-state index < -0.39 is 6.10 Å². The largest absolute Gasteiger partial charge is 0.487 e. The highest BCUT2D eigenvalue weighted by Crippen LogP contribution is 2.36. The minimum absolute atomic E-state index is 0.113. The Balaban J connectivity index is 2.48. The molecule has 3 heteroatoms. The molecule has 0 saturated heterocycles. The smallest absolute Gasteiger partial charge is 0.126 e. The Kier molecular flexibility index (Phi) is 2.00. The monoisotopic (exact) mass is 276 g/mol. The molecule has 1 aromatic carbocycles.